The number of urea groups is 1. The smallest absolute Gasteiger partial charge is 0.315 e. The highest BCUT2D eigenvalue weighted by Gasteiger charge is 2.33. The van der Waals surface area contributed by atoms with Crippen molar-refractivity contribution in [2.24, 2.45) is 0 Å². The van der Waals surface area contributed by atoms with Crippen molar-refractivity contribution >= 4 is 11.9 Å². The number of hydrogen-bond donors (Lipinski definition) is 3. The molecule has 0 aliphatic carbocycles. The minimum Gasteiger partial charge on any atom is -0.373 e. The van der Waals surface area contributed by atoms with Gasteiger partial charge in [-0.1, -0.05) is 12.1 Å². The first-order chi connectivity index (χ1) is 12.7. The van der Waals surface area contributed by atoms with Gasteiger partial charge >= 0.3 is 6.03 Å². The minimum absolute atomic E-state index is 0.124. The third kappa shape index (κ3) is 6.22. The number of nitrogens with one attached hydrogen (secondary N) is 3. The Morgan fingerprint density at radius 3 is 2.26 bits per heavy atom. The van der Waals surface area contributed by atoms with Crippen LogP contribution in [0.1, 0.15) is 43.6 Å². The van der Waals surface area contributed by atoms with E-state index in [9.17, 15) is 9.59 Å². The van der Waals surface area contributed by atoms with Crippen LogP contribution in [-0.2, 0) is 11.3 Å². The molecule has 0 unspecified atom stereocenters. The van der Waals surface area contributed by atoms with Crippen molar-refractivity contribution in [2.75, 3.05) is 26.7 Å². The van der Waals surface area contributed by atoms with Crippen LogP contribution >= 0.6 is 0 Å². The molecule has 1 fully saturated rings. The topological polar surface area (TPSA) is 82.7 Å². The summed E-state index contributed by atoms with van der Waals surface area (Å²) >= 11 is 0. The first-order valence-electron chi connectivity index (χ1n) is 9.44. The van der Waals surface area contributed by atoms with Crippen LogP contribution in [0.3, 0.4) is 0 Å². The molecule has 0 spiro atoms. The molecular formula is C20H32N4O3. The van der Waals surface area contributed by atoms with Crippen molar-refractivity contribution in [3.8, 4) is 0 Å². The van der Waals surface area contributed by atoms with E-state index < -0.39 is 0 Å². The minimum atomic E-state index is -0.201. The number of ether oxygens (including phenoxy) is 1. The molecule has 150 valence electrons. The third-order valence-corrected chi connectivity index (χ3v) is 4.85. The van der Waals surface area contributed by atoms with Gasteiger partial charge in [0.05, 0.1) is 12.2 Å². The molecular weight excluding hydrogens is 344 g/mol. The summed E-state index contributed by atoms with van der Waals surface area (Å²) in [5.41, 5.74) is 1.38. The molecule has 0 bridgehead atoms. The lowest BCUT2D eigenvalue weighted by atomic mass is 10.00. The molecule has 27 heavy (non-hydrogen) atoms. The molecule has 2 rings (SSSR count). The van der Waals surface area contributed by atoms with Crippen LogP contribution in [0.2, 0.25) is 0 Å². The van der Waals surface area contributed by atoms with Gasteiger partial charge in [0, 0.05) is 44.3 Å². The average molecular weight is 377 g/mol. The maximum Gasteiger partial charge on any atom is 0.315 e. The number of hydrogen-bond acceptors (Lipinski definition) is 4. The first kappa shape index (κ1) is 21.2. The molecule has 7 heteroatoms. The molecule has 0 saturated carbocycles. The predicted octanol–water partition coefficient (Wildman–Crippen LogP) is 1.73. The Hall–Kier alpha value is -2.12. The maximum absolute atomic E-state index is 12.2. The predicted molar refractivity (Wildman–Crippen MR) is 106 cm³/mol. The monoisotopic (exact) mass is 376 g/mol. The van der Waals surface area contributed by atoms with E-state index in [-0.39, 0.29) is 29.7 Å². The fourth-order valence-electron chi connectivity index (χ4n) is 3.24. The van der Waals surface area contributed by atoms with Crippen molar-refractivity contribution < 1.29 is 14.3 Å². The molecule has 3 N–H and O–H groups in total. The Labute approximate surface area is 161 Å². The standard InChI is InChI=1S/C20H32N4O3/c1-14-11-24(12-15(2)27-14)20(3,4)13-23-19(26)22-10-16-6-8-17(9-7-16)18(25)21-5/h6-9,14-15H,10-13H2,1-5H3,(H,21,25)(H2,22,23,26)/t14-,15-/m0/s1. The average Bonchev–Trinajstić information content (AvgIpc) is 2.63. The second-order valence-corrected chi connectivity index (χ2v) is 7.79. The van der Waals surface area contributed by atoms with Crippen molar-refractivity contribution in [1.82, 2.24) is 20.9 Å². The Morgan fingerprint density at radius 1 is 1.11 bits per heavy atom. The SMILES string of the molecule is CNC(=O)c1ccc(CNC(=O)NCC(C)(C)N2C[C@H](C)O[C@@H](C)C2)cc1. The highest BCUT2D eigenvalue weighted by Crippen LogP contribution is 2.20. The molecule has 1 aliphatic rings. The van der Waals surface area contributed by atoms with E-state index in [1.165, 1.54) is 0 Å². The van der Waals surface area contributed by atoms with Gasteiger partial charge in [-0.25, -0.2) is 4.79 Å². The van der Waals surface area contributed by atoms with Crippen molar-refractivity contribution in [3.05, 3.63) is 35.4 Å². The van der Waals surface area contributed by atoms with Crippen LogP contribution in [0.15, 0.2) is 24.3 Å². The molecule has 1 saturated heterocycles. The molecule has 1 aliphatic heterocycles. The second kappa shape index (κ2) is 9.19. The lowest BCUT2D eigenvalue weighted by Gasteiger charge is -2.45. The van der Waals surface area contributed by atoms with Gasteiger partial charge in [0.25, 0.3) is 5.91 Å². The summed E-state index contributed by atoms with van der Waals surface area (Å²) in [4.78, 5) is 26.1. The molecule has 1 aromatic carbocycles. The van der Waals surface area contributed by atoms with Crippen LogP contribution in [0.25, 0.3) is 0 Å². The zero-order valence-corrected chi connectivity index (χ0v) is 17.0. The molecule has 3 amide bonds. The molecule has 7 nitrogen and oxygen atoms in total. The number of carbonyl (C=O) groups excluding carboxylic acids is 2. The van der Waals surface area contributed by atoms with E-state index in [2.05, 4.69) is 48.5 Å². The summed E-state index contributed by atoms with van der Waals surface area (Å²) in [7, 11) is 1.60. The lowest BCUT2D eigenvalue weighted by molar-refractivity contribution is -0.0947. The Bertz CT molecular complexity index is 635. The highest BCUT2D eigenvalue weighted by molar-refractivity contribution is 5.93. The van der Waals surface area contributed by atoms with Crippen LogP contribution in [0.5, 0.6) is 0 Å². The van der Waals surface area contributed by atoms with E-state index >= 15 is 0 Å². The van der Waals surface area contributed by atoms with E-state index in [4.69, 9.17) is 4.74 Å². The van der Waals surface area contributed by atoms with Gasteiger partial charge in [-0.3, -0.25) is 9.69 Å². The van der Waals surface area contributed by atoms with Gasteiger partial charge in [0.1, 0.15) is 0 Å². The normalized spacial score (nSPS) is 20.8. The fraction of sp³-hybridized carbons (Fsp3) is 0.600. The number of amides is 3. The Morgan fingerprint density at radius 2 is 1.70 bits per heavy atom. The summed E-state index contributed by atoms with van der Waals surface area (Å²) < 4.78 is 5.79. The van der Waals surface area contributed by atoms with Gasteiger partial charge < -0.3 is 20.7 Å². The zero-order valence-electron chi connectivity index (χ0n) is 17.0. The number of nitrogens with zero attached hydrogens (tertiary/aromatic N) is 1. The van der Waals surface area contributed by atoms with Gasteiger partial charge in [-0.05, 0) is 45.4 Å². The van der Waals surface area contributed by atoms with Crippen LogP contribution < -0.4 is 16.0 Å². The number of morpholine rings is 1. The van der Waals surface area contributed by atoms with E-state index in [0.29, 0.717) is 18.7 Å². The summed E-state index contributed by atoms with van der Waals surface area (Å²) in [6.45, 7) is 11.1. The molecule has 1 heterocycles. The van der Waals surface area contributed by atoms with Gasteiger partial charge in [0.15, 0.2) is 0 Å². The van der Waals surface area contributed by atoms with Crippen molar-refractivity contribution in [2.45, 2.75) is 52.0 Å². The van der Waals surface area contributed by atoms with Crippen molar-refractivity contribution in [3.63, 3.8) is 0 Å². The third-order valence-electron chi connectivity index (χ3n) is 4.85. The van der Waals surface area contributed by atoms with Crippen molar-refractivity contribution in [1.29, 1.82) is 0 Å². The molecule has 1 aromatic rings. The largest absolute Gasteiger partial charge is 0.373 e. The number of rotatable bonds is 6. The maximum atomic E-state index is 12.2. The molecule has 0 radical (unpaired) electrons. The van der Waals surface area contributed by atoms with E-state index in [1.54, 1.807) is 19.2 Å². The number of carbonyl (C=O) groups is 2. The quantitative estimate of drug-likeness (QED) is 0.706. The zero-order chi connectivity index (χ0) is 20.0. The number of benzene rings is 1. The second-order valence-electron chi connectivity index (χ2n) is 7.79. The summed E-state index contributed by atoms with van der Waals surface area (Å²) in [6, 6.07) is 6.97. The van der Waals surface area contributed by atoms with Gasteiger partial charge in [0.2, 0.25) is 0 Å². The first-order valence-corrected chi connectivity index (χ1v) is 9.44. The molecule has 0 aromatic heterocycles. The highest BCUT2D eigenvalue weighted by atomic mass is 16.5. The van der Waals surface area contributed by atoms with Crippen LogP contribution in [0, 0.1) is 0 Å². The van der Waals surface area contributed by atoms with Gasteiger partial charge in [-0.15, -0.1) is 0 Å². The Kier molecular flexibility index (Phi) is 7.21. The van der Waals surface area contributed by atoms with Gasteiger partial charge in [-0.2, -0.15) is 0 Å². The molecule has 2 atom stereocenters. The van der Waals surface area contributed by atoms with Crippen LogP contribution in [-0.4, -0.2) is 61.3 Å². The fourth-order valence-corrected chi connectivity index (χ4v) is 3.24. The van der Waals surface area contributed by atoms with E-state index in [1.807, 2.05) is 12.1 Å². The summed E-state index contributed by atoms with van der Waals surface area (Å²) in [5, 5.41) is 8.41. The summed E-state index contributed by atoms with van der Waals surface area (Å²) in [6.07, 6.45) is 0.388. The summed E-state index contributed by atoms with van der Waals surface area (Å²) in [5.74, 6) is -0.124. The van der Waals surface area contributed by atoms with Crippen LogP contribution in [0.4, 0.5) is 4.79 Å². The van der Waals surface area contributed by atoms with E-state index in [0.717, 1.165) is 18.7 Å². The lowest BCUT2D eigenvalue weighted by Crippen LogP contribution is -2.59. The Balaban J connectivity index is 1.79.